The Labute approximate surface area is 158 Å². The lowest BCUT2D eigenvalue weighted by Crippen LogP contribution is -2.28. The highest BCUT2D eigenvalue weighted by atomic mass is 19.1. The van der Waals surface area contributed by atoms with Crippen LogP contribution in [0.1, 0.15) is 37.4 Å². The first kappa shape index (κ1) is 18.5. The number of rotatable bonds is 5. The van der Waals surface area contributed by atoms with Gasteiger partial charge >= 0.3 is 0 Å². The van der Waals surface area contributed by atoms with E-state index in [2.05, 4.69) is 0 Å². The van der Waals surface area contributed by atoms with Gasteiger partial charge in [-0.05, 0) is 19.1 Å². The molecule has 3 nitrogen and oxygen atoms in total. The Morgan fingerprint density at radius 3 is 2.11 bits per heavy atom. The summed E-state index contributed by atoms with van der Waals surface area (Å²) >= 11 is 0. The van der Waals surface area contributed by atoms with Crippen LogP contribution in [0.15, 0.2) is 72.8 Å². The summed E-state index contributed by atoms with van der Waals surface area (Å²) in [4.78, 5) is 27.2. The van der Waals surface area contributed by atoms with E-state index in [0.29, 0.717) is 22.3 Å². The third kappa shape index (κ3) is 4.11. The van der Waals surface area contributed by atoms with E-state index in [0.717, 1.165) is 5.56 Å². The summed E-state index contributed by atoms with van der Waals surface area (Å²) in [6.07, 6.45) is 0. The zero-order valence-corrected chi connectivity index (χ0v) is 15.3. The van der Waals surface area contributed by atoms with Crippen molar-refractivity contribution in [2.24, 2.45) is 0 Å². The molecule has 0 saturated heterocycles. The minimum absolute atomic E-state index is 0.124. The number of benzene rings is 3. The Hall–Kier alpha value is -3.27. The number of nitrogens with zero attached hydrogens (tertiary/aromatic N) is 1. The molecule has 0 radical (unpaired) electrons. The summed E-state index contributed by atoms with van der Waals surface area (Å²) < 4.78 is 13.9. The van der Waals surface area contributed by atoms with Gasteiger partial charge in [0.1, 0.15) is 5.82 Å². The average Bonchev–Trinajstić information content (AvgIpc) is 2.69. The van der Waals surface area contributed by atoms with Crippen LogP contribution in [-0.2, 0) is 6.54 Å². The minimum atomic E-state index is -0.360. The lowest BCUT2D eigenvalue weighted by Gasteiger charge is -2.19. The quantitative estimate of drug-likeness (QED) is 0.621. The lowest BCUT2D eigenvalue weighted by molar-refractivity contribution is 0.0779. The van der Waals surface area contributed by atoms with Crippen molar-refractivity contribution >= 4 is 11.7 Å². The van der Waals surface area contributed by atoms with Crippen molar-refractivity contribution in [3.05, 3.63) is 106 Å². The van der Waals surface area contributed by atoms with E-state index >= 15 is 0 Å². The molecule has 3 rings (SSSR count). The molecule has 0 aliphatic rings. The van der Waals surface area contributed by atoms with Gasteiger partial charge in [-0.2, -0.15) is 0 Å². The second-order valence-corrected chi connectivity index (χ2v) is 6.49. The Morgan fingerprint density at radius 2 is 1.44 bits per heavy atom. The minimum Gasteiger partial charge on any atom is -0.337 e. The van der Waals surface area contributed by atoms with E-state index in [4.69, 9.17) is 0 Å². The zero-order valence-electron chi connectivity index (χ0n) is 15.3. The Morgan fingerprint density at radius 1 is 0.852 bits per heavy atom. The van der Waals surface area contributed by atoms with Crippen molar-refractivity contribution in [1.29, 1.82) is 0 Å². The maximum absolute atomic E-state index is 13.9. The van der Waals surface area contributed by atoms with Crippen LogP contribution in [0.3, 0.4) is 0 Å². The van der Waals surface area contributed by atoms with Gasteiger partial charge in [0.05, 0.1) is 5.56 Å². The van der Waals surface area contributed by atoms with Crippen molar-refractivity contribution < 1.29 is 14.0 Å². The SMILES string of the molecule is Cc1ccc(C(=O)c2ccccc2C(=O)N(C)Cc2ccccc2F)cc1. The van der Waals surface area contributed by atoms with Crippen LogP contribution < -0.4 is 0 Å². The van der Waals surface area contributed by atoms with Crippen molar-refractivity contribution in [3.63, 3.8) is 0 Å². The summed E-state index contributed by atoms with van der Waals surface area (Å²) in [6.45, 7) is 2.07. The average molecular weight is 361 g/mol. The Kier molecular flexibility index (Phi) is 5.46. The molecule has 0 aliphatic heterocycles. The van der Waals surface area contributed by atoms with E-state index in [9.17, 15) is 14.0 Å². The fraction of sp³-hybridized carbons (Fsp3) is 0.130. The van der Waals surface area contributed by atoms with Gasteiger partial charge in [-0.25, -0.2) is 4.39 Å². The van der Waals surface area contributed by atoms with Gasteiger partial charge < -0.3 is 4.90 Å². The number of halogens is 1. The molecule has 3 aromatic carbocycles. The summed E-state index contributed by atoms with van der Waals surface area (Å²) in [5, 5.41) is 0. The predicted molar refractivity (Wildman–Crippen MR) is 103 cm³/mol. The Bertz CT molecular complexity index is 980. The van der Waals surface area contributed by atoms with Gasteiger partial charge in [-0.15, -0.1) is 0 Å². The second kappa shape index (κ2) is 7.96. The molecule has 0 fully saturated rings. The van der Waals surface area contributed by atoms with Crippen LogP contribution in [0, 0.1) is 12.7 Å². The lowest BCUT2D eigenvalue weighted by atomic mass is 9.97. The van der Waals surface area contributed by atoms with E-state index < -0.39 is 0 Å². The maximum atomic E-state index is 13.9. The number of hydrogen-bond donors (Lipinski definition) is 0. The van der Waals surface area contributed by atoms with Crippen molar-refractivity contribution in [2.75, 3.05) is 7.05 Å². The molecule has 0 heterocycles. The van der Waals surface area contributed by atoms with Crippen LogP contribution in [0.2, 0.25) is 0 Å². The number of amides is 1. The highest BCUT2D eigenvalue weighted by Crippen LogP contribution is 2.18. The second-order valence-electron chi connectivity index (χ2n) is 6.49. The smallest absolute Gasteiger partial charge is 0.254 e. The van der Waals surface area contributed by atoms with Crippen molar-refractivity contribution in [2.45, 2.75) is 13.5 Å². The van der Waals surface area contributed by atoms with Crippen LogP contribution in [0.5, 0.6) is 0 Å². The molecule has 27 heavy (non-hydrogen) atoms. The molecule has 1 amide bonds. The molecule has 0 bridgehead atoms. The summed E-state index contributed by atoms with van der Waals surface area (Å²) in [5.74, 6) is -0.895. The van der Waals surface area contributed by atoms with Crippen molar-refractivity contribution in [1.82, 2.24) is 4.90 Å². The number of aryl methyl sites for hydroxylation is 1. The van der Waals surface area contributed by atoms with Crippen molar-refractivity contribution in [3.8, 4) is 0 Å². The molecule has 0 atom stereocenters. The molecular formula is C23H20FNO2. The van der Waals surface area contributed by atoms with Gasteiger partial charge in [0.25, 0.3) is 5.91 Å². The number of ketones is 1. The first-order valence-corrected chi connectivity index (χ1v) is 8.66. The van der Waals surface area contributed by atoms with Gasteiger partial charge in [-0.1, -0.05) is 66.2 Å². The first-order chi connectivity index (χ1) is 13.0. The maximum Gasteiger partial charge on any atom is 0.254 e. The molecule has 0 unspecified atom stereocenters. The molecule has 0 aromatic heterocycles. The zero-order chi connectivity index (χ0) is 19.4. The van der Waals surface area contributed by atoms with Gasteiger partial charge in [0.2, 0.25) is 0 Å². The molecule has 0 N–H and O–H groups in total. The van der Waals surface area contributed by atoms with Crippen LogP contribution >= 0.6 is 0 Å². The largest absolute Gasteiger partial charge is 0.337 e. The number of hydrogen-bond acceptors (Lipinski definition) is 2. The first-order valence-electron chi connectivity index (χ1n) is 8.66. The molecule has 4 heteroatoms. The molecule has 0 saturated carbocycles. The van der Waals surface area contributed by atoms with Crippen LogP contribution in [-0.4, -0.2) is 23.6 Å². The number of carbonyl (C=O) groups is 2. The highest BCUT2D eigenvalue weighted by Gasteiger charge is 2.21. The molecule has 0 aliphatic carbocycles. The molecule has 0 spiro atoms. The van der Waals surface area contributed by atoms with E-state index in [1.165, 1.54) is 11.0 Å². The van der Waals surface area contributed by atoms with Gasteiger partial charge in [0, 0.05) is 30.3 Å². The Balaban J connectivity index is 1.88. The normalized spacial score (nSPS) is 10.5. The molecule has 136 valence electrons. The van der Waals surface area contributed by atoms with Crippen LogP contribution in [0.4, 0.5) is 4.39 Å². The fourth-order valence-electron chi connectivity index (χ4n) is 2.89. The summed E-state index contributed by atoms with van der Waals surface area (Å²) in [7, 11) is 1.60. The highest BCUT2D eigenvalue weighted by molar-refractivity contribution is 6.15. The standard InChI is InChI=1S/C23H20FNO2/c1-16-11-13-17(14-12-16)22(26)19-8-4-5-9-20(19)23(27)25(2)15-18-7-3-6-10-21(18)24/h3-14H,15H2,1-2H3. The molecule has 3 aromatic rings. The van der Waals surface area contributed by atoms with Gasteiger partial charge in [-0.3, -0.25) is 9.59 Å². The number of carbonyl (C=O) groups excluding carboxylic acids is 2. The van der Waals surface area contributed by atoms with Crippen LogP contribution in [0.25, 0.3) is 0 Å². The van der Waals surface area contributed by atoms with E-state index in [1.807, 2.05) is 19.1 Å². The predicted octanol–water partition coefficient (Wildman–Crippen LogP) is 4.64. The van der Waals surface area contributed by atoms with Gasteiger partial charge in [0.15, 0.2) is 5.78 Å². The van der Waals surface area contributed by atoms with E-state index in [1.54, 1.807) is 61.6 Å². The third-order valence-electron chi connectivity index (χ3n) is 4.43. The summed E-state index contributed by atoms with van der Waals surface area (Å²) in [5.41, 5.74) is 2.66. The topological polar surface area (TPSA) is 37.4 Å². The third-order valence-corrected chi connectivity index (χ3v) is 4.43. The molecular weight excluding hydrogens is 341 g/mol. The van der Waals surface area contributed by atoms with E-state index in [-0.39, 0.29) is 24.1 Å². The monoisotopic (exact) mass is 361 g/mol. The fourth-order valence-corrected chi connectivity index (χ4v) is 2.89. The summed E-state index contributed by atoms with van der Waals surface area (Å²) in [6, 6.07) is 20.3.